The Morgan fingerprint density at radius 2 is 0.250 bits per heavy atom. The molecule has 4 aromatic carbocycles. The van der Waals surface area contributed by atoms with Crippen LogP contribution in [0.5, 0.6) is 0 Å². The zero-order chi connectivity index (χ0) is 69.4. The van der Waals surface area contributed by atoms with Crippen LogP contribution in [0.2, 0.25) is 0 Å². The van der Waals surface area contributed by atoms with Gasteiger partial charge in [-0.1, -0.05) is 145 Å². The van der Waals surface area contributed by atoms with Crippen molar-refractivity contribution in [2.24, 2.45) is 0 Å². The topological polar surface area (TPSA) is 155 Å². The van der Waals surface area contributed by atoms with Crippen LogP contribution >= 0.6 is 0 Å². The molecule has 19 heterocycles. The third-order valence-electron chi connectivity index (χ3n) is 17.2. The van der Waals surface area contributed by atoms with Crippen molar-refractivity contribution in [2.45, 2.75) is 0 Å². The van der Waals surface area contributed by atoms with Crippen molar-refractivity contribution >= 4 is 0 Å². The first kappa shape index (κ1) is 62.4. The number of rotatable bonds is 0. The van der Waals surface area contributed by atoms with Gasteiger partial charge < -0.3 is 0 Å². The molecule has 23 rings (SSSR count). The van der Waals surface area contributed by atoms with Gasteiger partial charge in [-0.3, -0.25) is 0 Å². The molecule has 0 fully saturated rings. The predicted octanol–water partition coefficient (Wildman–Crippen LogP) is 18.3. The fourth-order valence-electron chi connectivity index (χ4n) is 11.9. The lowest BCUT2D eigenvalue weighted by Crippen LogP contribution is -1.94. The number of hydrogen-bond donors (Lipinski definition) is 0. The molecule has 0 radical (unpaired) electrons. The maximum absolute atomic E-state index is 5.06. The first-order chi connectivity index (χ1) is 51.4. The highest BCUT2D eigenvalue weighted by Crippen LogP contribution is 2.31. The van der Waals surface area contributed by atoms with Crippen LogP contribution in [-0.2, 0) is 0 Å². The second-order valence-corrected chi connectivity index (χ2v) is 24.2. The van der Waals surface area contributed by atoms with Gasteiger partial charge in [0.1, 0.15) is 22.8 Å². The van der Waals surface area contributed by atoms with Crippen LogP contribution in [0.4, 0.5) is 0 Å². The van der Waals surface area contributed by atoms with Crippen molar-refractivity contribution < 1.29 is 0 Å². The summed E-state index contributed by atoms with van der Waals surface area (Å²) in [5.74, 6) is 26.3. The van der Waals surface area contributed by atoms with E-state index in [0.29, 0.717) is 68.3 Å². The van der Waals surface area contributed by atoms with E-state index < -0.39 is 0 Å². The molecule has 12 nitrogen and oxygen atoms in total. The van der Waals surface area contributed by atoms with Gasteiger partial charge >= 0.3 is 0 Å². The summed E-state index contributed by atoms with van der Waals surface area (Å²) in [6.45, 7) is 0. The van der Waals surface area contributed by atoms with Crippen molar-refractivity contribution in [3.8, 4) is 183 Å². The minimum Gasteiger partial charge on any atom is -0.246 e. The van der Waals surface area contributed by atoms with Crippen molar-refractivity contribution in [3.63, 3.8) is 0 Å². The first-order valence-electron chi connectivity index (χ1n) is 33.6. The summed E-state index contributed by atoms with van der Waals surface area (Å²) in [5.41, 5.74) is 24.3. The smallest absolute Gasteiger partial charge is 0.114 e. The minimum absolute atomic E-state index is 0.620. The van der Waals surface area contributed by atoms with Crippen molar-refractivity contribution in [3.05, 3.63) is 360 Å². The minimum atomic E-state index is 0.620. The predicted molar refractivity (Wildman–Crippen MR) is 408 cm³/mol. The van der Waals surface area contributed by atoms with Gasteiger partial charge in [-0.05, 0) is 218 Å². The van der Waals surface area contributed by atoms with E-state index in [4.69, 9.17) is 59.8 Å². The molecule has 12 aromatic heterocycles. The summed E-state index contributed by atoms with van der Waals surface area (Å²) in [6.07, 6.45) is 0. The molecule has 104 heavy (non-hydrogen) atoms. The zero-order valence-electron chi connectivity index (χ0n) is 55.4. The van der Waals surface area contributed by atoms with Crippen LogP contribution < -0.4 is 0 Å². The largest absolute Gasteiger partial charge is 0.246 e. The number of aromatic nitrogens is 12. The fraction of sp³-hybridized carbons (Fsp3) is 0. The Kier molecular flexibility index (Phi) is 17.1. The lowest BCUT2D eigenvalue weighted by Gasteiger charge is -2.07. The molecule has 0 unspecified atom stereocenters. The highest BCUT2D eigenvalue weighted by atomic mass is 14.9. The molecule has 0 saturated carbocycles. The van der Waals surface area contributed by atoms with Crippen LogP contribution in [0.25, 0.3) is 136 Å². The summed E-state index contributed by atoms with van der Waals surface area (Å²) in [7, 11) is 0. The summed E-state index contributed by atoms with van der Waals surface area (Å²) < 4.78 is 0. The van der Waals surface area contributed by atoms with Gasteiger partial charge in [0.2, 0.25) is 0 Å². The van der Waals surface area contributed by atoms with Gasteiger partial charge in [0.05, 0.1) is 114 Å². The monoisotopic (exact) mass is 1320 g/mol. The van der Waals surface area contributed by atoms with Crippen LogP contribution in [0.3, 0.4) is 0 Å². The second kappa shape index (κ2) is 28.4. The summed E-state index contributed by atoms with van der Waals surface area (Å²) >= 11 is 0. The molecule has 0 N–H and O–H groups in total. The molecular weight excluding hydrogens is 1270 g/mol. The van der Waals surface area contributed by atoms with Crippen LogP contribution in [0.1, 0.15) is 45.0 Å². The fourth-order valence-corrected chi connectivity index (χ4v) is 11.9. The molecule has 7 aliphatic heterocycles. The highest BCUT2D eigenvalue weighted by molar-refractivity contribution is 5.73. The molecule has 32 bridgehead atoms. The first-order valence-corrected chi connectivity index (χ1v) is 33.6. The molecule has 0 amide bonds. The van der Waals surface area contributed by atoms with E-state index in [9.17, 15) is 0 Å². The number of pyridine rings is 12. The summed E-state index contributed by atoms with van der Waals surface area (Å²) in [6, 6.07) is 103. The Labute approximate surface area is 600 Å². The van der Waals surface area contributed by atoms with Gasteiger partial charge in [-0.2, -0.15) is 0 Å². The van der Waals surface area contributed by atoms with E-state index in [1.165, 1.54) is 0 Å². The lowest BCUT2D eigenvalue weighted by molar-refractivity contribution is 1.21. The van der Waals surface area contributed by atoms with Gasteiger partial charge in [0.25, 0.3) is 0 Å². The summed E-state index contributed by atoms with van der Waals surface area (Å²) in [5, 5.41) is 0. The van der Waals surface area contributed by atoms with Crippen LogP contribution in [0, 0.1) is 47.4 Å². The highest BCUT2D eigenvalue weighted by Gasteiger charge is 2.15. The van der Waals surface area contributed by atoms with Crippen LogP contribution in [-0.4, -0.2) is 59.8 Å². The number of hydrogen-bond acceptors (Lipinski definition) is 12. The normalized spacial score (nSPS) is 11.1. The lowest BCUT2D eigenvalue weighted by atomic mass is 10.1. The Morgan fingerprint density at radius 1 is 0.115 bits per heavy atom. The number of benzene rings is 4. The van der Waals surface area contributed by atoms with E-state index in [2.05, 4.69) is 47.4 Å². The van der Waals surface area contributed by atoms with Crippen molar-refractivity contribution in [1.82, 2.24) is 59.8 Å². The molecular formula is C92H52N12. The molecule has 16 aromatic rings. The second-order valence-electron chi connectivity index (χ2n) is 24.2. The molecule has 12 heteroatoms. The van der Waals surface area contributed by atoms with E-state index in [0.717, 1.165) is 113 Å². The zero-order valence-corrected chi connectivity index (χ0v) is 55.4. The maximum atomic E-state index is 5.06. The molecule has 0 aliphatic carbocycles. The van der Waals surface area contributed by atoms with E-state index in [1.54, 1.807) is 0 Å². The van der Waals surface area contributed by atoms with Crippen molar-refractivity contribution in [2.75, 3.05) is 0 Å². The Hall–Kier alpha value is -15.1. The molecule has 7 aliphatic rings. The maximum Gasteiger partial charge on any atom is 0.114 e. The van der Waals surface area contributed by atoms with Gasteiger partial charge in [-0.25, -0.2) is 59.8 Å². The van der Waals surface area contributed by atoms with E-state index in [1.807, 2.05) is 315 Å². The van der Waals surface area contributed by atoms with Crippen molar-refractivity contribution in [1.29, 1.82) is 0 Å². The Bertz CT molecular complexity index is 5490. The Balaban J connectivity index is 0.655. The standard InChI is InChI=1S/C92H52N12/c1-13-69-57-45-61-37-49-65(50-38-61)74-18-6-26-86(98-74)90-34-10-30-82(102-90)78-22-3-15-71(95-78)59-47-63-41-53-67(54-42-63)76-20-8-28-88(100-76)92-36-12-32-84(104-92)80-24-4-16-72(96-80)60-48-64-43-55-68(56-44-64)75-19-7-27-87(99-75)91-35-11-31-83(103-91)79-23-2-14-70(94-79)58-46-62-39-51-66(52-40-62)73-17-5-25-85(97-73)89-33-9-29-81(101-89)77(21-1)93-69/h1-44,49-56H. The van der Waals surface area contributed by atoms with Gasteiger partial charge in [0.15, 0.2) is 0 Å². The Morgan fingerprint density at radius 3 is 0.423 bits per heavy atom. The number of nitrogens with zero attached hydrogens (tertiary/aromatic N) is 12. The quantitative estimate of drug-likeness (QED) is 0.133. The molecule has 480 valence electrons. The third-order valence-corrected chi connectivity index (χ3v) is 17.2. The van der Waals surface area contributed by atoms with Gasteiger partial charge in [-0.15, -0.1) is 0 Å². The average molecular weight is 1330 g/mol. The van der Waals surface area contributed by atoms with Gasteiger partial charge in [0, 0.05) is 44.5 Å². The summed E-state index contributed by atoms with van der Waals surface area (Å²) in [4.78, 5) is 60.0. The van der Waals surface area contributed by atoms with E-state index >= 15 is 0 Å². The van der Waals surface area contributed by atoms with E-state index in [-0.39, 0.29) is 0 Å². The molecule has 0 atom stereocenters. The third kappa shape index (κ3) is 14.2. The average Bonchev–Trinajstić information content (AvgIpc) is 0.831. The van der Waals surface area contributed by atoms with Crippen LogP contribution in [0.15, 0.2) is 315 Å². The molecule has 0 saturated heterocycles. The molecule has 0 spiro atoms. The SMILES string of the molecule is C1#Cc2cccc(n2)-c2cccc(n2)-c2cccc(n2)-c2ccc(cc2)C#Cc2cccc(n2)-c2cccc(n2)-c2cccc(n2)-c2ccc(cc2)C#Cc2cccc(n2)-c2cccc(n2)-c2cccc(n2)-c2ccc(cc2)C#Cc2cccc(n2)-c2cccc(n2)-c2cccc(n2)-c2ccc1cc2.